The Morgan fingerprint density at radius 2 is 1.94 bits per heavy atom. The van der Waals surface area contributed by atoms with Crippen molar-refractivity contribution in [3.8, 4) is 0 Å². The number of hydrogen-bond donors (Lipinski definition) is 3. The van der Waals surface area contributed by atoms with Gasteiger partial charge in [0.15, 0.2) is 0 Å². The molecule has 0 unspecified atom stereocenters. The van der Waals surface area contributed by atoms with E-state index >= 15 is 0 Å². The first-order valence-corrected chi connectivity index (χ1v) is 7.40. The van der Waals surface area contributed by atoms with Crippen LogP contribution in [0.5, 0.6) is 0 Å². The molecule has 0 aromatic rings. The predicted octanol–water partition coefficient (Wildman–Crippen LogP) is -1.09. The molecule has 92 valence electrons. The third-order valence-corrected chi connectivity index (χ3v) is 3.10. The Kier molecular flexibility index (Phi) is 5.00. The number of hydrogen-bond acceptors (Lipinski definition) is 5. The molecule has 0 aromatic carbocycles. The lowest BCUT2D eigenvalue weighted by Gasteiger charge is -2.03. The minimum Gasteiger partial charge on any atom is -0.300 e. The second-order valence-electron chi connectivity index (χ2n) is 2.85. The maximum Gasteiger partial charge on any atom is 0.239 e. The van der Waals surface area contributed by atoms with E-state index in [9.17, 15) is 16.8 Å². The monoisotopic (exact) mass is 267 g/mol. The first-order chi connectivity index (χ1) is 7.08. The van der Waals surface area contributed by atoms with E-state index < -0.39 is 30.7 Å². The maximum absolute atomic E-state index is 11.0. The highest BCUT2D eigenvalue weighted by atomic mass is 32.2. The zero-order chi connectivity index (χ0) is 13.0. The Bertz CT molecular complexity index is 516. The van der Waals surface area contributed by atoms with Crippen molar-refractivity contribution in [2.24, 2.45) is 5.14 Å². The molecule has 7 nitrogen and oxygen atoms in total. The van der Waals surface area contributed by atoms with Gasteiger partial charge in [-0.2, -0.15) is 0 Å². The fourth-order valence-electron chi connectivity index (χ4n) is 0.766. The van der Waals surface area contributed by atoms with Gasteiger partial charge in [-0.3, -0.25) is 5.41 Å². The highest BCUT2D eigenvalue weighted by Crippen LogP contribution is 2.03. The molecule has 0 spiro atoms. The summed E-state index contributed by atoms with van der Waals surface area (Å²) in [5.41, 5.74) is -0.391. The molecule has 9 heteroatoms. The van der Waals surface area contributed by atoms with Gasteiger partial charge in [0.05, 0.1) is 12.0 Å². The Hall–Kier alpha value is -1.03. The van der Waals surface area contributed by atoms with Gasteiger partial charge in [0.2, 0.25) is 20.0 Å². The summed E-state index contributed by atoms with van der Waals surface area (Å²) >= 11 is 0. The smallest absolute Gasteiger partial charge is 0.239 e. The Morgan fingerprint density at radius 1 is 1.44 bits per heavy atom. The molecule has 0 fully saturated rings. The van der Waals surface area contributed by atoms with Crippen LogP contribution in [0.1, 0.15) is 0 Å². The van der Waals surface area contributed by atoms with Crippen molar-refractivity contribution in [1.29, 1.82) is 5.41 Å². The molecule has 0 aliphatic carbocycles. The summed E-state index contributed by atoms with van der Waals surface area (Å²) < 4.78 is 45.5. The molecule has 0 radical (unpaired) electrons. The molecular weight excluding hydrogens is 254 g/mol. The average Bonchev–Trinajstić information content (AvgIpc) is 2.07. The first kappa shape index (κ1) is 15.0. The van der Waals surface area contributed by atoms with Gasteiger partial charge in [-0.1, -0.05) is 6.58 Å². The Labute approximate surface area is 94.6 Å². The lowest BCUT2D eigenvalue weighted by Crippen LogP contribution is -2.25. The van der Waals surface area contributed by atoms with Crippen LogP contribution in [-0.2, 0) is 20.0 Å². The number of nitrogens with two attached hydrogens (primary N) is 1. The van der Waals surface area contributed by atoms with Gasteiger partial charge >= 0.3 is 0 Å². The lowest BCUT2D eigenvalue weighted by atomic mass is 10.3. The van der Waals surface area contributed by atoms with Crippen molar-refractivity contribution >= 4 is 25.8 Å². The summed E-state index contributed by atoms with van der Waals surface area (Å²) in [5.74, 6) is 0. The normalized spacial score (nSPS) is 13.5. The molecule has 0 amide bonds. The van der Waals surface area contributed by atoms with Gasteiger partial charge in [0.1, 0.15) is 4.91 Å². The van der Waals surface area contributed by atoms with E-state index in [1.807, 2.05) is 4.72 Å². The van der Waals surface area contributed by atoms with E-state index in [1.165, 1.54) is 0 Å². The molecule has 4 N–H and O–H groups in total. The van der Waals surface area contributed by atoms with Gasteiger partial charge in [-0.15, -0.1) is 0 Å². The van der Waals surface area contributed by atoms with Crippen molar-refractivity contribution in [3.63, 3.8) is 0 Å². The predicted molar refractivity (Wildman–Crippen MR) is 62.0 cm³/mol. The second kappa shape index (κ2) is 5.34. The number of allylic oxidation sites excluding steroid dienone is 2. The fraction of sp³-hybridized carbons (Fsp3) is 0.286. The van der Waals surface area contributed by atoms with Gasteiger partial charge < -0.3 is 0 Å². The van der Waals surface area contributed by atoms with Crippen molar-refractivity contribution in [1.82, 2.24) is 4.72 Å². The van der Waals surface area contributed by atoms with E-state index in [-0.39, 0.29) is 6.54 Å². The highest BCUT2D eigenvalue weighted by Gasteiger charge is 2.15. The standard InChI is InChI=1S/C7H13N3O4S2/c1-3-6(8)7(16(9,13)14)4-5-10-15(2,11)12/h3-4,8,10H,1,5H2,2H3,(H2,9,13,14). The van der Waals surface area contributed by atoms with Crippen molar-refractivity contribution < 1.29 is 16.8 Å². The summed E-state index contributed by atoms with van der Waals surface area (Å²) in [5, 5.41) is 12.1. The van der Waals surface area contributed by atoms with Gasteiger partial charge in [-0.05, 0) is 12.2 Å². The third-order valence-electron chi connectivity index (χ3n) is 1.41. The molecule has 16 heavy (non-hydrogen) atoms. The minimum atomic E-state index is -4.06. The maximum atomic E-state index is 11.0. The molecule has 0 heterocycles. The van der Waals surface area contributed by atoms with Crippen LogP contribution in [0.4, 0.5) is 0 Å². The van der Waals surface area contributed by atoms with Crippen LogP contribution in [0.3, 0.4) is 0 Å². The van der Waals surface area contributed by atoms with E-state index in [0.29, 0.717) is 0 Å². The molecule has 0 rings (SSSR count). The van der Waals surface area contributed by atoms with Gasteiger partial charge in [0.25, 0.3) is 0 Å². The van der Waals surface area contributed by atoms with E-state index in [1.54, 1.807) is 0 Å². The van der Waals surface area contributed by atoms with E-state index in [0.717, 1.165) is 18.4 Å². The summed E-state index contributed by atoms with van der Waals surface area (Å²) in [4.78, 5) is -0.473. The molecule has 0 atom stereocenters. The molecule has 0 bridgehead atoms. The number of nitrogens with one attached hydrogen (secondary N) is 2. The molecule has 0 saturated heterocycles. The number of sulfonamides is 2. The quantitative estimate of drug-likeness (QED) is 0.528. The topological polar surface area (TPSA) is 130 Å². The van der Waals surface area contributed by atoms with E-state index in [2.05, 4.69) is 6.58 Å². The Balaban J connectivity index is 5.02. The molecule has 0 saturated carbocycles. The SMILES string of the molecule is C=CC(=N)C(=CCNS(C)(=O)=O)S(N)(=O)=O. The van der Waals surface area contributed by atoms with Crippen LogP contribution in [0.25, 0.3) is 0 Å². The molecular formula is C7H13N3O4S2. The number of primary sulfonamides is 1. The summed E-state index contributed by atoms with van der Waals surface area (Å²) in [6.07, 6.45) is 2.92. The van der Waals surface area contributed by atoms with Crippen molar-refractivity contribution in [3.05, 3.63) is 23.6 Å². The second-order valence-corrected chi connectivity index (χ2v) is 6.21. The van der Waals surface area contributed by atoms with Crippen LogP contribution >= 0.6 is 0 Å². The van der Waals surface area contributed by atoms with Crippen LogP contribution in [0.2, 0.25) is 0 Å². The van der Waals surface area contributed by atoms with E-state index in [4.69, 9.17) is 10.5 Å². The third kappa shape index (κ3) is 5.75. The van der Waals surface area contributed by atoms with Crippen molar-refractivity contribution in [2.75, 3.05) is 12.8 Å². The molecule has 0 aliphatic rings. The zero-order valence-electron chi connectivity index (χ0n) is 8.60. The lowest BCUT2D eigenvalue weighted by molar-refractivity contribution is 0.591. The largest absolute Gasteiger partial charge is 0.300 e. The van der Waals surface area contributed by atoms with Gasteiger partial charge in [0, 0.05) is 6.54 Å². The average molecular weight is 267 g/mol. The fourth-order valence-corrected chi connectivity index (χ4v) is 1.86. The minimum absolute atomic E-state index is 0.263. The summed E-state index contributed by atoms with van der Waals surface area (Å²) in [7, 11) is -7.49. The molecule has 0 aliphatic heterocycles. The van der Waals surface area contributed by atoms with Crippen LogP contribution < -0.4 is 9.86 Å². The summed E-state index contributed by atoms with van der Waals surface area (Å²) in [6, 6.07) is 0. The first-order valence-electron chi connectivity index (χ1n) is 3.97. The summed E-state index contributed by atoms with van der Waals surface area (Å²) in [6.45, 7) is 2.96. The van der Waals surface area contributed by atoms with Gasteiger partial charge in [-0.25, -0.2) is 26.7 Å². The van der Waals surface area contributed by atoms with Crippen molar-refractivity contribution in [2.45, 2.75) is 0 Å². The molecule has 0 aromatic heterocycles. The highest BCUT2D eigenvalue weighted by molar-refractivity contribution is 7.94. The number of rotatable bonds is 6. The Morgan fingerprint density at radius 3 is 2.25 bits per heavy atom. The van der Waals surface area contributed by atoms with Crippen LogP contribution in [-0.4, -0.2) is 35.3 Å². The zero-order valence-corrected chi connectivity index (χ0v) is 10.2. The van der Waals surface area contributed by atoms with Crippen LogP contribution in [0.15, 0.2) is 23.6 Å². The van der Waals surface area contributed by atoms with Crippen LogP contribution in [0, 0.1) is 5.41 Å².